The summed E-state index contributed by atoms with van der Waals surface area (Å²) in [5, 5.41) is 0.441. The lowest BCUT2D eigenvalue weighted by Gasteiger charge is -2.39. The number of ether oxygens (including phenoxy) is 1. The van der Waals surface area contributed by atoms with Crippen LogP contribution in [0.15, 0.2) is 12.4 Å². The van der Waals surface area contributed by atoms with Crippen molar-refractivity contribution in [3.05, 3.63) is 17.4 Å². The summed E-state index contributed by atoms with van der Waals surface area (Å²) < 4.78 is 5.91. The van der Waals surface area contributed by atoms with Crippen LogP contribution in [0.4, 0.5) is 0 Å². The van der Waals surface area contributed by atoms with Gasteiger partial charge < -0.3 is 9.64 Å². The molecule has 128 valence electrons. The zero-order valence-electron chi connectivity index (χ0n) is 14.4. The lowest BCUT2D eigenvalue weighted by Crippen LogP contribution is -2.56. The van der Waals surface area contributed by atoms with E-state index < -0.39 is 5.60 Å². The molecular weight excluding hydrogens is 314 g/mol. The van der Waals surface area contributed by atoms with Crippen molar-refractivity contribution >= 4 is 17.5 Å². The van der Waals surface area contributed by atoms with Crippen LogP contribution in [0.3, 0.4) is 0 Å². The van der Waals surface area contributed by atoms with Crippen molar-refractivity contribution in [2.75, 3.05) is 13.1 Å². The highest BCUT2D eigenvalue weighted by Gasteiger charge is 2.43. The molecule has 5 nitrogen and oxygen atoms in total. The molecule has 0 saturated carbocycles. The van der Waals surface area contributed by atoms with Crippen molar-refractivity contribution < 1.29 is 9.53 Å². The molecule has 1 aromatic rings. The summed E-state index contributed by atoms with van der Waals surface area (Å²) in [7, 11) is 0. The van der Waals surface area contributed by atoms with Gasteiger partial charge >= 0.3 is 6.01 Å². The number of amides is 1. The predicted molar refractivity (Wildman–Crippen MR) is 90.5 cm³/mol. The van der Waals surface area contributed by atoms with Gasteiger partial charge in [0.05, 0.1) is 17.4 Å². The van der Waals surface area contributed by atoms with Gasteiger partial charge in [-0.3, -0.25) is 4.79 Å². The number of hydrogen-bond acceptors (Lipinski definition) is 4. The lowest BCUT2D eigenvalue weighted by molar-refractivity contribution is -0.152. The second kappa shape index (κ2) is 7.47. The van der Waals surface area contributed by atoms with E-state index in [1.54, 1.807) is 0 Å². The molecule has 1 amide bonds. The van der Waals surface area contributed by atoms with E-state index in [0.717, 1.165) is 31.8 Å². The Balaban J connectivity index is 2.12. The maximum Gasteiger partial charge on any atom is 0.317 e. The van der Waals surface area contributed by atoms with E-state index in [1.165, 1.54) is 18.8 Å². The highest BCUT2D eigenvalue weighted by molar-refractivity contribution is 6.30. The van der Waals surface area contributed by atoms with Crippen molar-refractivity contribution in [1.82, 2.24) is 14.9 Å². The Morgan fingerprint density at radius 1 is 1.39 bits per heavy atom. The van der Waals surface area contributed by atoms with E-state index in [4.69, 9.17) is 16.3 Å². The Kier molecular flexibility index (Phi) is 5.84. The number of nitrogens with zero attached hydrogens (tertiary/aromatic N) is 3. The monoisotopic (exact) mass is 339 g/mol. The van der Waals surface area contributed by atoms with Crippen molar-refractivity contribution in [2.45, 2.75) is 52.6 Å². The van der Waals surface area contributed by atoms with Crippen molar-refractivity contribution in [2.24, 2.45) is 11.8 Å². The first-order valence-electron chi connectivity index (χ1n) is 8.32. The minimum absolute atomic E-state index is 0.00169. The van der Waals surface area contributed by atoms with E-state index in [-0.39, 0.29) is 17.8 Å². The number of halogens is 1. The number of carbonyl (C=O) groups excluding carboxylic acids is 1. The van der Waals surface area contributed by atoms with E-state index in [9.17, 15) is 4.79 Å². The number of piperidine rings is 1. The first kappa shape index (κ1) is 18.0. The molecule has 0 bridgehead atoms. The standard InChI is InChI=1S/C17H26ClN3O2/c1-5-13-6-8-21(9-7-13)15(22)17(4,12(2)3)23-16-19-10-14(18)11-20-16/h10-13H,5-9H2,1-4H3. The minimum Gasteiger partial charge on any atom is -0.447 e. The molecule has 1 aliphatic rings. The summed E-state index contributed by atoms with van der Waals surface area (Å²) in [6.07, 6.45) is 6.25. The zero-order valence-corrected chi connectivity index (χ0v) is 15.1. The summed E-state index contributed by atoms with van der Waals surface area (Å²) in [6, 6.07) is 0.183. The third kappa shape index (κ3) is 4.14. The quantitative estimate of drug-likeness (QED) is 0.822. The highest BCUT2D eigenvalue weighted by Crippen LogP contribution is 2.28. The summed E-state index contributed by atoms with van der Waals surface area (Å²) in [4.78, 5) is 23.1. The number of rotatable bonds is 5. The van der Waals surface area contributed by atoms with Gasteiger partial charge in [0.2, 0.25) is 0 Å². The van der Waals surface area contributed by atoms with E-state index >= 15 is 0 Å². The van der Waals surface area contributed by atoms with Crippen LogP contribution in [-0.4, -0.2) is 39.5 Å². The molecule has 1 atom stereocenters. The van der Waals surface area contributed by atoms with E-state index in [0.29, 0.717) is 5.02 Å². The fourth-order valence-corrected chi connectivity index (χ4v) is 2.91. The fraction of sp³-hybridized carbons (Fsp3) is 0.706. The van der Waals surface area contributed by atoms with Gasteiger partial charge in [0.25, 0.3) is 5.91 Å². The van der Waals surface area contributed by atoms with Crippen LogP contribution < -0.4 is 4.74 Å². The van der Waals surface area contributed by atoms with Gasteiger partial charge in [-0.05, 0) is 25.7 Å². The number of likely N-dealkylation sites (tertiary alicyclic amines) is 1. The van der Waals surface area contributed by atoms with Gasteiger partial charge in [-0.1, -0.05) is 38.8 Å². The average molecular weight is 340 g/mol. The van der Waals surface area contributed by atoms with E-state index in [2.05, 4.69) is 16.9 Å². The largest absolute Gasteiger partial charge is 0.447 e. The van der Waals surface area contributed by atoms with Crippen LogP contribution in [0, 0.1) is 11.8 Å². The van der Waals surface area contributed by atoms with Gasteiger partial charge in [0.1, 0.15) is 0 Å². The molecule has 0 aromatic carbocycles. The predicted octanol–water partition coefficient (Wildman–Crippen LogP) is 3.57. The van der Waals surface area contributed by atoms with Crippen LogP contribution in [0.5, 0.6) is 6.01 Å². The second-order valence-corrected chi connectivity index (χ2v) is 7.13. The van der Waals surface area contributed by atoms with Crippen molar-refractivity contribution in [1.29, 1.82) is 0 Å². The maximum atomic E-state index is 13.0. The first-order valence-corrected chi connectivity index (χ1v) is 8.70. The molecule has 0 aliphatic carbocycles. The lowest BCUT2D eigenvalue weighted by atomic mass is 9.88. The van der Waals surface area contributed by atoms with Gasteiger partial charge in [0.15, 0.2) is 5.60 Å². The molecule has 1 aromatic heterocycles. The van der Waals surface area contributed by atoms with Crippen LogP contribution in [0.25, 0.3) is 0 Å². The Hall–Kier alpha value is -1.36. The van der Waals surface area contributed by atoms with Crippen LogP contribution in [0.2, 0.25) is 5.02 Å². The molecule has 1 fully saturated rings. The van der Waals surface area contributed by atoms with Gasteiger partial charge in [-0.25, -0.2) is 9.97 Å². The van der Waals surface area contributed by atoms with Gasteiger partial charge in [0, 0.05) is 19.0 Å². The van der Waals surface area contributed by atoms with Crippen LogP contribution in [0.1, 0.15) is 47.0 Å². The third-order valence-electron chi connectivity index (χ3n) is 4.91. The van der Waals surface area contributed by atoms with Crippen molar-refractivity contribution in [3.8, 4) is 6.01 Å². The molecule has 1 aliphatic heterocycles. The molecule has 1 unspecified atom stereocenters. The SMILES string of the molecule is CCC1CCN(C(=O)C(C)(Oc2ncc(Cl)cn2)C(C)C)CC1. The molecular formula is C17H26ClN3O2. The molecule has 23 heavy (non-hydrogen) atoms. The highest BCUT2D eigenvalue weighted by atomic mass is 35.5. The second-order valence-electron chi connectivity index (χ2n) is 6.69. The number of carbonyl (C=O) groups is 1. The smallest absolute Gasteiger partial charge is 0.317 e. The fourth-order valence-electron chi connectivity index (χ4n) is 2.81. The molecule has 0 spiro atoms. The number of hydrogen-bond donors (Lipinski definition) is 0. The molecule has 0 N–H and O–H groups in total. The first-order chi connectivity index (χ1) is 10.9. The summed E-state index contributed by atoms with van der Waals surface area (Å²) >= 11 is 5.80. The molecule has 2 rings (SSSR count). The molecule has 0 radical (unpaired) electrons. The molecule has 6 heteroatoms. The van der Waals surface area contributed by atoms with Crippen LogP contribution in [-0.2, 0) is 4.79 Å². The molecule has 2 heterocycles. The zero-order chi connectivity index (χ0) is 17.0. The Morgan fingerprint density at radius 2 is 1.96 bits per heavy atom. The minimum atomic E-state index is -0.979. The Morgan fingerprint density at radius 3 is 2.43 bits per heavy atom. The Bertz CT molecular complexity index is 527. The molecule has 1 saturated heterocycles. The summed E-state index contributed by atoms with van der Waals surface area (Å²) in [5.74, 6) is 0.739. The summed E-state index contributed by atoms with van der Waals surface area (Å²) in [6.45, 7) is 9.58. The Labute approximate surface area is 143 Å². The normalized spacial score (nSPS) is 18.8. The van der Waals surface area contributed by atoms with Crippen molar-refractivity contribution in [3.63, 3.8) is 0 Å². The topological polar surface area (TPSA) is 55.3 Å². The van der Waals surface area contributed by atoms with Gasteiger partial charge in [-0.15, -0.1) is 0 Å². The third-order valence-corrected chi connectivity index (χ3v) is 5.10. The van der Waals surface area contributed by atoms with E-state index in [1.807, 2.05) is 25.7 Å². The summed E-state index contributed by atoms with van der Waals surface area (Å²) in [5.41, 5.74) is -0.979. The maximum absolute atomic E-state index is 13.0. The average Bonchev–Trinajstić information content (AvgIpc) is 2.56. The van der Waals surface area contributed by atoms with Gasteiger partial charge in [-0.2, -0.15) is 0 Å². The van der Waals surface area contributed by atoms with Crippen LogP contribution >= 0.6 is 11.6 Å². The number of aromatic nitrogens is 2.